The van der Waals surface area contributed by atoms with E-state index in [0.717, 1.165) is 16.5 Å². The van der Waals surface area contributed by atoms with Gasteiger partial charge in [-0.05, 0) is 29.7 Å². The summed E-state index contributed by atoms with van der Waals surface area (Å²) >= 11 is 1.39. The first-order chi connectivity index (χ1) is 18.3. The van der Waals surface area contributed by atoms with Gasteiger partial charge in [-0.3, -0.25) is 24.1 Å². The number of carbonyl (C=O) groups is 2. The molecular weight excluding hydrogens is 546 g/mol. The van der Waals surface area contributed by atoms with E-state index in [1.54, 1.807) is 15.9 Å². The standard InChI is InChI=1S/C27H22F2N4O4S.H2S/c28-18-7-6-15-17(23(18)29)13-38-20-4-2-1-3-16(20)24(15)33-21-12-30-14(5-8-22(30)35)11-31(21)27(37)25-26(36)19(34)9-10-32(25)33;/h1-4,6-7,9-10,14,21,24,36H,5,8,11-13H2;1H2/t14-,21?,24?;/m0./s1. The first-order valence-corrected chi connectivity index (χ1v) is 13.4. The van der Waals surface area contributed by atoms with Crippen LogP contribution in [0.3, 0.4) is 0 Å². The van der Waals surface area contributed by atoms with Crippen molar-refractivity contribution in [3.63, 3.8) is 0 Å². The van der Waals surface area contributed by atoms with E-state index < -0.39 is 40.9 Å². The highest BCUT2D eigenvalue weighted by molar-refractivity contribution is 7.98. The van der Waals surface area contributed by atoms with Gasteiger partial charge in [-0.1, -0.05) is 24.3 Å². The smallest absolute Gasteiger partial charge is 0.278 e. The summed E-state index contributed by atoms with van der Waals surface area (Å²) in [6.07, 6.45) is 1.73. The lowest BCUT2D eigenvalue weighted by Gasteiger charge is -2.54. The second-order valence-corrected chi connectivity index (χ2v) is 11.0. The molecule has 1 aromatic heterocycles. The van der Waals surface area contributed by atoms with Crippen LogP contribution in [-0.4, -0.2) is 56.7 Å². The maximum absolute atomic E-state index is 15.3. The Kier molecular flexibility index (Phi) is 6.14. The molecule has 8 nitrogen and oxygen atoms in total. The molecule has 2 amide bonds. The fourth-order valence-electron chi connectivity index (χ4n) is 6.24. The van der Waals surface area contributed by atoms with E-state index in [9.17, 15) is 23.9 Å². The van der Waals surface area contributed by atoms with Gasteiger partial charge in [0.05, 0.1) is 18.6 Å². The Morgan fingerprint density at radius 2 is 1.74 bits per heavy atom. The predicted octanol–water partition coefficient (Wildman–Crippen LogP) is 3.06. The molecule has 3 aromatic rings. The van der Waals surface area contributed by atoms with Gasteiger partial charge in [-0.2, -0.15) is 13.5 Å². The van der Waals surface area contributed by atoms with E-state index in [-0.39, 0.29) is 55.5 Å². The zero-order valence-corrected chi connectivity index (χ0v) is 22.3. The third kappa shape index (κ3) is 3.68. The van der Waals surface area contributed by atoms with Crippen molar-refractivity contribution < 1.29 is 23.5 Å². The van der Waals surface area contributed by atoms with Gasteiger partial charge in [-0.15, -0.1) is 11.8 Å². The molecule has 2 fully saturated rings. The van der Waals surface area contributed by atoms with E-state index in [1.165, 1.54) is 28.7 Å². The van der Waals surface area contributed by atoms with Gasteiger partial charge in [0, 0.05) is 41.4 Å². The lowest BCUT2D eigenvalue weighted by Crippen LogP contribution is -2.70. The molecule has 0 aliphatic carbocycles. The zero-order chi connectivity index (χ0) is 26.3. The second-order valence-electron chi connectivity index (χ2n) is 9.94. The molecule has 3 atom stereocenters. The molecule has 0 saturated carbocycles. The second kappa shape index (κ2) is 9.30. The number of aromatic hydroxyl groups is 1. The van der Waals surface area contributed by atoms with Crippen LogP contribution in [0, 0.1) is 11.6 Å². The summed E-state index contributed by atoms with van der Waals surface area (Å²) in [5.74, 6) is -2.87. The molecule has 2 unspecified atom stereocenters. The highest BCUT2D eigenvalue weighted by Crippen LogP contribution is 2.45. The number of carbonyl (C=O) groups excluding carboxylic acids is 2. The monoisotopic (exact) mass is 570 g/mol. The number of fused-ring (bicyclic) bond motifs is 5. The highest BCUT2D eigenvalue weighted by atomic mass is 32.2. The molecule has 2 aromatic carbocycles. The quantitative estimate of drug-likeness (QED) is 0.484. The molecule has 4 aliphatic heterocycles. The molecular formula is C27H24F2N4O4S2. The third-order valence-electron chi connectivity index (χ3n) is 8.03. The average Bonchev–Trinajstić information content (AvgIpc) is 3.19. The molecule has 1 N–H and O–H groups in total. The molecule has 202 valence electrons. The first-order valence-electron chi connectivity index (χ1n) is 12.4. The Bertz CT molecular complexity index is 1600. The summed E-state index contributed by atoms with van der Waals surface area (Å²) in [5.41, 5.74) is 0.635. The molecule has 0 bridgehead atoms. The number of halogens is 2. The minimum atomic E-state index is -0.950. The van der Waals surface area contributed by atoms with Crippen LogP contribution in [0.4, 0.5) is 8.78 Å². The number of rotatable bonds is 1. The third-order valence-corrected chi connectivity index (χ3v) is 9.14. The number of hydrogen-bond donors (Lipinski definition) is 1. The number of thioether (sulfide) groups is 1. The number of benzene rings is 2. The van der Waals surface area contributed by atoms with E-state index in [0.29, 0.717) is 18.4 Å². The Hall–Kier alpha value is -3.51. The van der Waals surface area contributed by atoms with Gasteiger partial charge in [0.2, 0.25) is 11.3 Å². The maximum Gasteiger partial charge on any atom is 0.278 e. The molecule has 7 rings (SSSR count). The van der Waals surface area contributed by atoms with Crippen molar-refractivity contribution in [2.45, 2.75) is 41.7 Å². The van der Waals surface area contributed by atoms with Crippen LogP contribution in [0.5, 0.6) is 5.75 Å². The van der Waals surface area contributed by atoms with Gasteiger partial charge in [0.25, 0.3) is 5.91 Å². The van der Waals surface area contributed by atoms with Crippen molar-refractivity contribution in [3.05, 3.63) is 92.9 Å². The average molecular weight is 571 g/mol. The normalized spacial score (nSPS) is 23.2. The zero-order valence-electron chi connectivity index (χ0n) is 20.5. The number of piperazine rings is 1. The molecule has 0 spiro atoms. The lowest BCUT2D eigenvalue weighted by molar-refractivity contribution is -0.132. The molecule has 39 heavy (non-hydrogen) atoms. The Morgan fingerprint density at radius 3 is 2.56 bits per heavy atom. The number of aromatic nitrogens is 1. The Morgan fingerprint density at radius 1 is 0.949 bits per heavy atom. The van der Waals surface area contributed by atoms with Crippen LogP contribution in [0.25, 0.3) is 0 Å². The van der Waals surface area contributed by atoms with Crippen LogP contribution in [-0.2, 0) is 10.5 Å². The van der Waals surface area contributed by atoms with Crippen LogP contribution in [0.2, 0.25) is 0 Å². The summed E-state index contributed by atoms with van der Waals surface area (Å²) in [5, 5.41) is 12.6. The van der Waals surface area contributed by atoms with Crippen LogP contribution >= 0.6 is 25.3 Å². The van der Waals surface area contributed by atoms with Crippen LogP contribution in [0.1, 0.15) is 46.1 Å². The highest BCUT2D eigenvalue weighted by Gasteiger charge is 2.51. The SMILES string of the molecule is O=C1c2c(O)c(=O)ccn2N(C2c3ccccc3SCc3c2ccc(F)c3F)C2CN3C(=O)CC[C@H]3CN12.S. The molecule has 0 radical (unpaired) electrons. The Labute approximate surface area is 233 Å². The summed E-state index contributed by atoms with van der Waals surface area (Å²) in [4.78, 5) is 43.2. The van der Waals surface area contributed by atoms with Crippen molar-refractivity contribution >= 4 is 37.1 Å². The Balaban J connectivity index is 0.00000277. The number of nitrogens with zero attached hydrogens (tertiary/aromatic N) is 4. The minimum absolute atomic E-state index is 0. The van der Waals surface area contributed by atoms with E-state index in [4.69, 9.17) is 0 Å². The van der Waals surface area contributed by atoms with E-state index >= 15 is 4.39 Å². The maximum atomic E-state index is 15.3. The van der Waals surface area contributed by atoms with Gasteiger partial charge in [0.1, 0.15) is 6.17 Å². The predicted molar refractivity (Wildman–Crippen MR) is 145 cm³/mol. The summed E-state index contributed by atoms with van der Waals surface area (Å²) in [6, 6.07) is 10.5. The fraction of sp³-hybridized carbons (Fsp3) is 0.296. The summed E-state index contributed by atoms with van der Waals surface area (Å²) < 4.78 is 31.1. The van der Waals surface area contributed by atoms with Crippen molar-refractivity contribution in [2.24, 2.45) is 0 Å². The van der Waals surface area contributed by atoms with Crippen molar-refractivity contribution in [1.82, 2.24) is 14.5 Å². The largest absolute Gasteiger partial charge is 0.502 e. The molecule has 4 aliphatic rings. The molecule has 2 saturated heterocycles. The van der Waals surface area contributed by atoms with Gasteiger partial charge in [0.15, 0.2) is 23.1 Å². The number of pyridine rings is 1. The summed E-state index contributed by atoms with van der Waals surface area (Å²) in [7, 11) is 0. The van der Waals surface area contributed by atoms with Crippen molar-refractivity contribution in [1.29, 1.82) is 0 Å². The van der Waals surface area contributed by atoms with Crippen LogP contribution < -0.4 is 10.4 Å². The summed E-state index contributed by atoms with van der Waals surface area (Å²) in [6.45, 7) is 0.439. The topological polar surface area (TPSA) is 86.1 Å². The van der Waals surface area contributed by atoms with Crippen molar-refractivity contribution in [3.8, 4) is 5.75 Å². The molecule has 5 heterocycles. The van der Waals surface area contributed by atoms with E-state index in [1.807, 2.05) is 29.3 Å². The van der Waals surface area contributed by atoms with Gasteiger partial charge < -0.3 is 14.9 Å². The number of hydrogen-bond acceptors (Lipinski definition) is 6. The van der Waals surface area contributed by atoms with Gasteiger partial charge in [-0.25, -0.2) is 8.78 Å². The minimum Gasteiger partial charge on any atom is -0.502 e. The number of amides is 2. The first kappa shape index (κ1) is 25.8. The lowest BCUT2D eigenvalue weighted by atomic mass is 9.92. The van der Waals surface area contributed by atoms with E-state index in [2.05, 4.69) is 0 Å². The van der Waals surface area contributed by atoms with Crippen LogP contribution in [0.15, 0.2) is 58.4 Å². The fourth-order valence-corrected chi connectivity index (χ4v) is 7.35. The molecule has 12 heteroatoms. The van der Waals surface area contributed by atoms with Gasteiger partial charge >= 0.3 is 0 Å². The van der Waals surface area contributed by atoms with Crippen molar-refractivity contribution in [2.75, 3.05) is 18.1 Å².